The Morgan fingerprint density at radius 3 is 2.13 bits per heavy atom. The number of ether oxygens (including phenoxy) is 3. The van der Waals surface area contributed by atoms with E-state index in [0.29, 0.717) is 0 Å². The van der Waals surface area contributed by atoms with E-state index < -0.39 is 6.10 Å². The number of cyclic esters (lactones) is 1. The van der Waals surface area contributed by atoms with E-state index in [1.54, 1.807) is 0 Å². The third-order valence-electron chi connectivity index (χ3n) is 3.81. The molecule has 1 fully saturated rings. The standard InChI is InChI=1S/C19H20O4/c1-13-3-7-15(8-4-13)21-12-18-17(11-19(20)23-18)22-16-9-5-14(2)6-10-16/h3-10,17-18H,11-12H2,1-2H3/t17-,18+/m0/s1. The Hall–Kier alpha value is -2.49. The fraction of sp³-hybridized carbons (Fsp3) is 0.316. The van der Waals surface area contributed by atoms with Gasteiger partial charge in [0.25, 0.3) is 0 Å². The van der Waals surface area contributed by atoms with E-state index in [1.165, 1.54) is 5.56 Å². The molecule has 1 aliphatic rings. The van der Waals surface area contributed by atoms with Crippen LogP contribution in [0, 0.1) is 13.8 Å². The lowest BCUT2D eigenvalue weighted by Crippen LogP contribution is -2.32. The summed E-state index contributed by atoms with van der Waals surface area (Å²) in [4.78, 5) is 11.6. The van der Waals surface area contributed by atoms with E-state index in [1.807, 2.05) is 62.4 Å². The van der Waals surface area contributed by atoms with E-state index in [-0.39, 0.29) is 25.1 Å². The number of carbonyl (C=O) groups is 1. The molecule has 0 saturated carbocycles. The largest absolute Gasteiger partial charge is 0.490 e. The highest BCUT2D eigenvalue weighted by molar-refractivity contribution is 5.72. The number of esters is 1. The van der Waals surface area contributed by atoms with Crippen LogP contribution >= 0.6 is 0 Å². The van der Waals surface area contributed by atoms with E-state index in [4.69, 9.17) is 14.2 Å². The first-order valence-corrected chi connectivity index (χ1v) is 7.72. The van der Waals surface area contributed by atoms with E-state index in [9.17, 15) is 4.79 Å². The first-order chi connectivity index (χ1) is 11.1. The topological polar surface area (TPSA) is 44.8 Å². The maximum Gasteiger partial charge on any atom is 0.310 e. The first kappa shape index (κ1) is 15.4. The Morgan fingerprint density at radius 2 is 1.52 bits per heavy atom. The molecule has 2 aromatic carbocycles. The molecular weight excluding hydrogens is 292 g/mol. The van der Waals surface area contributed by atoms with Crippen molar-refractivity contribution in [2.75, 3.05) is 6.61 Å². The molecule has 1 aliphatic heterocycles. The number of hydrogen-bond acceptors (Lipinski definition) is 4. The average molecular weight is 312 g/mol. The van der Waals surface area contributed by atoms with Crippen LogP contribution < -0.4 is 9.47 Å². The Morgan fingerprint density at radius 1 is 0.957 bits per heavy atom. The summed E-state index contributed by atoms with van der Waals surface area (Å²) in [6.45, 7) is 4.32. The summed E-state index contributed by atoms with van der Waals surface area (Å²) in [5.41, 5.74) is 2.33. The summed E-state index contributed by atoms with van der Waals surface area (Å²) < 4.78 is 16.9. The summed E-state index contributed by atoms with van der Waals surface area (Å²) in [6, 6.07) is 15.5. The summed E-state index contributed by atoms with van der Waals surface area (Å²) in [5, 5.41) is 0. The summed E-state index contributed by atoms with van der Waals surface area (Å²) in [7, 11) is 0. The molecule has 1 heterocycles. The minimum Gasteiger partial charge on any atom is -0.490 e. The zero-order valence-corrected chi connectivity index (χ0v) is 13.3. The molecule has 23 heavy (non-hydrogen) atoms. The maximum absolute atomic E-state index is 11.6. The third kappa shape index (κ3) is 4.03. The van der Waals surface area contributed by atoms with Gasteiger partial charge in [0.2, 0.25) is 0 Å². The van der Waals surface area contributed by atoms with Crippen molar-refractivity contribution < 1.29 is 19.0 Å². The third-order valence-corrected chi connectivity index (χ3v) is 3.81. The molecule has 2 aromatic rings. The van der Waals surface area contributed by atoms with Gasteiger partial charge in [0.1, 0.15) is 24.2 Å². The molecule has 0 N–H and O–H groups in total. The lowest BCUT2D eigenvalue weighted by molar-refractivity contribution is -0.142. The quantitative estimate of drug-likeness (QED) is 0.793. The van der Waals surface area contributed by atoms with Crippen molar-refractivity contribution in [1.82, 2.24) is 0 Å². The molecule has 0 aromatic heterocycles. The van der Waals surface area contributed by atoms with Crippen LogP contribution in [-0.4, -0.2) is 24.8 Å². The number of aryl methyl sites for hydroxylation is 2. The van der Waals surface area contributed by atoms with Crippen molar-refractivity contribution in [2.45, 2.75) is 32.5 Å². The first-order valence-electron chi connectivity index (χ1n) is 7.72. The lowest BCUT2D eigenvalue weighted by atomic mass is 10.2. The van der Waals surface area contributed by atoms with Gasteiger partial charge in [-0.15, -0.1) is 0 Å². The molecule has 0 amide bonds. The monoisotopic (exact) mass is 312 g/mol. The van der Waals surface area contributed by atoms with Gasteiger partial charge in [0.05, 0.1) is 6.42 Å². The van der Waals surface area contributed by atoms with E-state index >= 15 is 0 Å². The molecule has 2 atom stereocenters. The fourth-order valence-electron chi connectivity index (χ4n) is 2.45. The Labute approximate surface area is 136 Å². The second kappa shape index (κ2) is 6.73. The molecule has 0 radical (unpaired) electrons. The Balaban J connectivity index is 1.61. The van der Waals surface area contributed by atoms with Crippen LogP contribution in [-0.2, 0) is 9.53 Å². The Kier molecular flexibility index (Phi) is 4.51. The van der Waals surface area contributed by atoms with Gasteiger partial charge in [-0.1, -0.05) is 35.4 Å². The van der Waals surface area contributed by atoms with Gasteiger partial charge in [-0.3, -0.25) is 4.79 Å². The number of carbonyl (C=O) groups excluding carboxylic acids is 1. The molecule has 0 unspecified atom stereocenters. The molecule has 0 spiro atoms. The fourth-order valence-corrected chi connectivity index (χ4v) is 2.45. The molecule has 1 saturated heterocycles. The predicted molar refractivity (Wildman–Crippen MR) is 86.8 cm³/mol. The smallest absolute Gasteiger partial charge is 0.310 e. The predicted octanol–water partition coefficient (Wildman–Crippen LogP) is 3.45. The highest BCUT2D eigenvalue weighted by Gasteiger charge is 2.37. The molecule has 4 heteroatoms. The molecule has 3 rings (SSSR count). The van der Waals surface area contributed by atoms with Crippen LogP contribution in [0.15, 0.2) is 48.5 Å². The average Bonchev–Trinajstić information content (AvgIpc) is 2.89. The summed E-state index contributed by atoms with van der Waals surface area (Å²) >= 11 is 0. The highest BCUT2D eigenvalue weighted by Crippen LogP contribution is 2.23. The van der Waals surface area contributed by atoms with Crippen LogP contribution in [0.3, 0.4) is 0 Å². The molecule has 4 nitrogen and oxygen atoms in total. The number of hydrogen-bond donors (Lipinski definition) is 0. The van der Waals surface area contributed by atoms with E-state index in [2.05, 4.69) is 0 Å². The number of rotatable bonds is 5. The van der Waals surface area contributed by atoms with Crippen LogP contribution in [0.5, 0.6) is 11.5 Å². The zero-order chi connectivity index (χ0) is 16.2. The zero-order valence-electron chi connectivity index (χ0n) is 13.3. The molecule has 120 valence electrons. The minimum atomic E-state index is -0.398. The van der Waals surface area contributed by atoms with Crippen molar-refractivity contribution in [3.63, 3.8) is 0 Å². The van der Waals surface area contributed by atoms with Crippen molar-refractivity contribution in [3.05, 3.63) is 59.7 Å². The van der Waals surface area contributed by atoms with Gasteiger partial charge in [0.15, 0.2) is 6.10 Å². The van der Waals surface area contributed by atoms with Crippen molar-refractivity contribution in [2.24, 2.45) is 0 Å². The van der Waals surface area contributed by atoms with Gasteiger partial charge in [-0.2, -0.15) is 0 Å². The molecule has 0 aliphatic carbocycles. The van der Waals surface area contributed by atoms with Crippen LogP contribution in [0.1, 0.15) is 17.5 Å². The van der Waals surface area contributed by atoms with Crippen LogP contribution in [0.2, 0.25) is 0 Å². The number of benzene rings is 2. The van der Waals surface area contributed by atoms with Gasteiger partial charge < -0.3 is 14.2 Å². The lowest BCUT2D eigenvalue weighted by Gasteiger charge is -2.19. The van der Waals surface area contributed by atoms with Gasteiger partial charge in [-0.05, 0) is 38.1 Å². The van der Waals surface area contributed by atoms with Crippen molar-refractivity contribution >= 4 is 5.97 Å². The Bertz CT molecular complexity index is 661. The maximum atomic E-state index is 11.6. The SMILES string of the molecule is Cc1ccc(OC[C@H]2OC(=O)C[C@@H]2Oc2ccc(C)cc2)cc1. The molecular formula is C19H20O4. The summed E-state index contributed by atoms with van der Waals surface area (Å²) in [5.74, 6) is 1.24. The summed E-state index contributed by atoms with van der Waals surface area (Å²) in [6.07, 6.45) is -0.476. The van der Waals surface area contributed by atoms with Gasteiger partial charge >= 0.3 is 5.97 Å². The minimum absolute atomic E-state index is 0.246. The van der Waals surface area contributed by atoms with Crippen molar-refractivity contribution in [1.29, 1.82) is 0 Å². The molecule has 0 bridgehead atoms. The van der Waals surface area contributed by atoms with Gasteiger partial charge in [0, 0.05) is 0 Å². The van der Waals surface area contributed by atoms with Crippen molar-refractivity contribution in [3.8, 4) is 11.5 Å². The normalized spacial score (nSPS) is 20.2. The van der Waals surface area contributed by atoms with Gasteiger partial charge in [-0.25, -0.2) is 0 Å². The highest BCUT2D eigenvalue weighted by atomic mass is 16.6. The second-order valence-corrected chi connectivity index (χ2v) is 5.83. The van der Waals surface area contributed by atoms with E-state index in [0.717, 1.165) is 17.1 Å². The second-order valence-electron chi connectivity index (χ2n) is 5.83. The van der Waals surface area contributed by atoms with Crippen LogP contribution in [0.25, 0.3) is 0 Å². The van der Waals surface area contributed by atoms with Crippen LogP contribution in [0.4, 0.5) is 0 Å².